The molecule has 0 radical (unpaired) electrons. The highest BCUT2D eigenvalue weighted by Crippen LogP contribution is 2.29. The standard InChI is InChI=1S/C16H13Cl2NO/c17-12-7-5-11(6-8-12)9-19-10-14-13-3-1-2-4-15(13)20-16(14)18/h1-8,19H,9-10H2. The second-order valence-electron chi connectivity index (χ2n) is 4.58. The van der Waals surface area contributed by atoms with E-state index in [1.165, 1.54) is 5.56 Å². The Morgan fingerprint density at radius 1 is 0.900 bits per heavy atom. The van der Waals surface area contributed by atoms with Gasteiger partial charge in [-0.15, -0.1) is 0 Å². The zero-order valence-electron chi connectivity index (χ0n) is 10.7. The highest BCUT2D eigenvalue weighted by Gasteiger charge is 2.11. The molecule has 0 atom stereocenters. The fraction of sp³-hybridized carbons (Fsp3) is 0.125. The van der Waals surface area contributed by atoms with Crippen LogP contribution in [-0.4, -0.2) is 0 Å². The van der Waals surface area contributed by atoms with Crippen LogP contribution in [0.5, 0.6) is 0 Å². The zero-order chi connectivity index (χ0) is 13.9. The van der Waals surface area contributed by atoms with Gasteiger partial charge in [-0.2, -0.15) is 0 Å². The highest BCUT2D eigenvalue weighted by molar-refractivity contribution is 6.31. The van der Waals surface area contributed by atoms with E-state index in [1.807, 2.05) is 48.5 Å². The van der Waals surface area contributed by atoms with Gasteiger partial charge in [0.15, 0.2) is 5.22 Å². The number of rotatable bonds is 4. The van der Waals surface area contributed by atoms with Crippen LogP contribution in [-0.2, 0) is 13.1 Å². The molecule has 0 aliphatic heterocycles. The van der Waals surface area contributed by atoms with Crippen LogP contribution in [0.15, 0.2) is 52.9 Å². The Kier molecular flexibility index (Phi) is 3.97. The minimum Gasteiger partial charge on any atom is -0.444 e. The number of fused-ring (bicyclic) bond motifs is 1. The average Bonchev–Trinajstić information content (AvgIpc) is 2.77. The van der Waals surface area contributed by atoms with E-state index >= 15 is 0 Å². The van der Waals surface area contributed by atoms with Crippen molar-refractivity contribution >= 4 is 34.2 Å². The summed E-state index contributed by atoms with van der Waals surface area (Å²) in [6, 6.07) is 15.6. The first-order valence-electron chi connectivity index (χ1n) is 6.35. The fourth-order valence-electron chi connectivity index (χ4n) is 2.17. The third kappa shape index (κ3) is 2.83. The van der Waals surface area contributed by atoms with Crippen LogP contribution in [0.25, 0.3) is 11.0 Å². The molecule has 3 aromatic rings. The zero-order valence-corrected chi connectivity index (χ0v) is 12.2. The summed E-state index contributed by atoms with van der Waals surface area (Å²) >= 11 is 12.0. The number of halogens is 2. The van der Waals surface area contributed by atoms with Crippen molar-refractivity contribution in [3.8, 4) is 0 Å². The van der Waals surface area contributed by atoms with E-state index in [4.69, 9.17) is 27.6 Å². The summed E-state index contributed by atoms with van der Waals surface area (Å²) in [5.74, 6) is 0. The molecule has 0 spiro atoms. The van der Waals surface area contributed by atoms with Gasteiger partial charge in [0.05, 0.1) is 0 Å². The van der Waals surface area contributed by atoms with Gasteiger partial charge < -0.3 is 9.73 Å². The molecule has 102 valence electrons. The topological polar surface area (TPSA) is 25.2 Å². The van der Waals surface area contributed by atoms with E-state index in [9.17, 15) is 0 Å². The fourth-order valence-corrected chi connectivity index (χ4v) is 2.55. The van der Waals surface area contributed by atoms with E-state index in [0.717, 1.165) is 28.1 Å². The molecule has 0 aliphatic carbocycles. The van der Waals surface area contributed by atoms with E-state index < -0.39 is 0 Å². The molecule has 2 aromatic carbocycles. The van der Waals surface area contributed by atoms with Crippen molar-refractivity contribution in [2.24, 2.45) is 0 Å². The summed E-state index contributed by atoms with van der Waals surface area (Å²) in [7, 11) is 0. The second-order valence-corrected chi connectivity index (χ2v) is 5.36. The lowest BCUT2D eigenvalue weighted by molar-refractivity contribution is 0.604. The molecule has 20 heavy (non-hydrogen) atoms. The molecule has 1 heterocycles. The van der Waals surface area contributed by atoms with Gasteiger partial charge in [-0.3, -0.25) is 0 Å². The molecule has 0 amide bonds. The molecule has 1 aromatic heterocycles. The van der Waals surface area contributed by atoms with Crippen molar-refractivity contribution in [3.63, 3.8) is 0 Å². The van der Waals surface area contributed by atoms with Gasteiger partial charge in [0.2, 0.25) is 0 Å². The Labute approximate surface area is 127 Å². The molecule has 1 N–H and O–H groups in total. The number of hydrogen-bond donors (Lipinski definition) is 1. The summed E-state index contributed by atoms with van der Waals surface area (Å²) in [6.45, 7) is 1.42. The maximum absolute atomic E-state index is 6.15. The van der Waals surface area contributed by atoms with Crippen molar-refractivity contribution in [3.05, 3.63) is 69.9 Å². The van der Waals surface area contributed by atoms with Crippen LogP contribution in [0.2, 0.25) is 10.2 Å². The monoisotopic (exact) mass is 305 g/mol. The number of nitrogens with one attached hydrogen (secondary N) is 1. The van der Waals surface area contributed by atoms with Crippen LogP contribution < -0.4 is 5.32 Å². The second kappa shape index (κ2) is 5.88. The lowest BCUT2D eigenvalue weighted by Gasteiger charge is -2.04. The largest absolute Gasteiger partial charge is 0.444 e. The van der Waals surface area contributed by atoms with Gasteiger partial charge in [0.1, 0.15) is 5.58 Å². The number of para-hydroxylation sites is 1. The summed E-state index contributed by atoms with van der Waals surface area (Å²) in [5, 5.41) is 5.63. The molecule has 0 bridgehead atoms. The lowest BCUT2D eigenvalue weighted by atomic mass is 10.1. The van der Waals surface area contributed by atoms with Crippen LogP contribution >= 0.6 is 23.2 Å². The van der Waals surface area contributed by atoms with Gasteiger partial charge >= 0.3 is 0 Å². The van der Waals surface area contributed by atoms with Crippen molar-refractivity contribution in [2.75, 3.05) is 0 Å². The molecule has 2 nitrogen and oxygen atoms in total. The summed E-state index contributed by atoms with van der Waals surface area (Å²) in [5.41, 5.74) is 3.00. The third-order valence-electron chi connectivity index (χ3n) is 3.19. The molecular weight excluding hydrogens is 293 g/mol. The smallest absolute Gasteiger partial charge is 0.199 e. The molecule has 0 fully saturated rings. The molecule has 0 aliphatic rings. The first-order chi connectivity index (χ1) is 9.74. The lowest BCUT2D eigenvalue weighted by Crippen LogP contribution is -2.12. The van der Waals surface area contributed by atoms with Crippen molar-refractivity contribution < 1.29 is 4.42 Å². The SMILES string of the molecule is Clc1ccc(CNCc2c(Cl)oc3ccccc23)cc1. The summed E-state index contributed by atoms with van der Waals surface area (Å²) < 4.78 is 5.53. The Morgan fingerprint density at radius 3 is 2.45 bits per heavy atom. The number of benzene rings is 2. The Balaban J connectivity index is 1.71. The Hall–Kier alpha value is -1.48. The Morgan fingerprint density at radius 2 is 1.65 bits per heavy atom. The van der Waals surface area contributed by atoms with Crippen molar-refractivity contribution in [1.29, 1.82) is 0 Å². The maximum atomic E-state index is 6.15. The van der Waals surface area contributed by atoms with Crippen LogP contribution in [0.1, 0.15) is 11.1 Å². The Bertz CT molecular complexity index is 719. The van der Waals surface area contributed by atoms with Gasteiger partial charge in [-0.1, -0.05) is 41.9 Å². The molecule has 3 rings (SSSR count). The first-order valence-corrected chi connectivity index (χ1v) is 7.11. The molecule has 0 saturated carbocycles. The normalized spacial score (nSPS) is 11.1. The number of furan rings is 1. The van der Waals surface area contributed by atoms with Crippen molar-refractivity contribution in [2.45, 2.75) is 13.1 Å². The molecular formula is C16H13Cl2NO. The minimum absolute atomic E-state index is 0.454. The maximum Gasteiger partial charge on any atom is 0.199 e. The predicted molar refractivity (Wildman–Crippen MR) is 83.2 cm³/mol. The first kappa shape index (κ1) is 13.5. The van der Waals surface area contributed by atoms with Crippen LogP contribution in [0, 0.1) is 0 Å². The van der Waals surface area contributed by atoms with Gasteiger partial charge in [0.25, 0.3) is 0 Å². The van der Waals surface area contributed by atoms with Crippen LogP contribution in [0.3, 0.4) is 0 Å². The highest BCUT2D eigenvalue weighted by atomic mass is 35.5. The van der Waals surface area contributed by atoms with E-state index in [1.54, 1.807) is 0 Å². The summed E-state index contributed by atoms with van der Waals surface area (Å²) in [4.78, 5) is 0. The number of hydrogen-bond acceptors (Lipinski definition) is 2. The van der Waals surface area contributed by atoms with E-state index in [-0.39, 0.29) is 0 Å². The van der Waals surface area contributed by atoms with Crippen molar-refractivity contribution in [1.82, 2.24) is 5.32 Å². The van der Waals surface area contributed by atoms with Gasteiger partial charge in [-0.05, 0) is 35.4 Å². The minimum atomic E-state index is 0.454. The van der Waals surface area contributed by atoms with E-state index in [2.05, 4.69) is 5.32 Å². The average molecular weight is 306 g/mol. The predicted octanol–water partition coefficient (Wildman–Crippen LogP) is 5.03. The van der Waals surface area contributed by atoms with Gasteiger partial charge in [0, 0.05) is 29.1 Å². The van der Waals surface area contributed by atoms with E-state index in [0.29, 0.717) is 11.8 Å². The summed E-state index contributed by atoms with van der Waals surface area (Å²) in [6.07, 6.45) is 0. The third-order valence-corrected chi connectivity index (χ3v) is 3.75. The molecule has 0 unspecified atom stereocenters. The molecule has 4 heteroatoms. The molecule has 0 saturated heterocycles. The van der Waals surface area contributed by atoms with Gasteiger partial charge in [-0.25, -0.2) is 0 Å². The quantitative estimate of drug-likeness (QED) is 0.731. The van der Waals surface area contributed by atoms with Crippen LogP contribution in [0.4, 0.5) is 0 Å².